The first-order valence-corrected chi connectivity index (χ1v) is 13.5. The van der Waals surface area contributed by atoms with Gasteiger partial charge in [0, 0.05) is 24.4 Å². The van der Waals surface area contributed by atoms with Gasteiger partial charge in [0.2, 0.25) is 0 Å². The van der Waals surface area contributed by atoms with Crippen LogP contribution in [0.25, 0.3) is 5.57 Å². The van der Waals surface area contributed by atoms with Gasteiger partial charge in [-0.3, -0.25) is 4.98 Å². The smallest absolute Gasteiger partial charge is 0.338 e. The van der Waals surface area contributed by atoms with E-state index in [1.807, 2.05) is 18.2 Å². The van der Waals surface area contributed by atoms with E-state index in [2.05, 4.69) is 18.5 Å². The van der Waals surface area contributed by atoms with Gasteiger partial charge in [0.1, 0.15) is 24.2 Å². The lowest BCUT2D eigenvalue weighted by atomic mass is 9.91. The number of allylic oxidation sites excluding steroid dienone is 2. The van der Waals surface area contributed by atoms with Gasteiger partial charge in [-0.2, -0.15) is 0 Å². The molecule has 0 fully saturated rings. The molecule has 3 rings (SSSR count). The summed E-state index contributed by atoms with van der Waals surface area (Å²) in [7, 11) is 2.91. The van der Waals surface area contributed by atoms with E-state index in [-0.39, 0.29) is 13.2 Å². The Hall–Kier alpha value is -4.43. The van der Waals surface area contributed by atoms with Gasteiger partial charge in [-0.05, 0) is 72.0 Å². The van der Waals surface area contributed by atoms with Crippen LogP contribution in [0.15, 0.2) is 85.2 Å². The zero-order chi connectivity index (χ0) is 29.6. The Kier molecular flexibility index (Phi) is 12.1. The number of unbranched alkanes of at least 4 members (excludes halogenated alkanes) is 1. The Bertz CT molecular complexity index is 1330. The summed E-state index contributed by atoms with van der Waals surface area (Å²) in [6.07, 6.45) is 7.38. The third-order valence-electron chi connectivity index (χ3n) is 6.44. The molecular formula is C33H37NO7. The molecule has 8 heteroatoms. The van der Waals surface area contributed by atoms with Gasteiger partial charge in [-0.25, -0.2) is 9.59 Å². The quantitative estimate of drug-likeness (QED) is 0.169. The molecule has 0 spiro atoms. The highest BCUT2D eigenvalue weighted by Crippen LogP contribution is 2.36. The molecular weight excluding hydrogens is 522 g/mol. The number of hydrogen-bond acceptors (Lipinski definition) is 8. The third kappa shape index (κ3) is 8.78. The summed E-state index contributed by atoms with van der Waals surface area (Å²) in [4.78, 5) is 29.4. The molecule has 1 aromatic heterocycles. The highest BCUT2D eigenvalue weighted by molar-refractivity contribution is 5.93. The number of ether oxygens (including phenoxy) is 4. The van der Waals surface area contributed by atoms with E-state index in [1.54, 1.807) is 49.6 Å². The van der Waals surface area contributed by atoms with Gasteiger partial charge < -0.3 is 24.1 Å². The van der Waals surface area contributed by atoms with Crippen molar-refractivity contribution in [2.45, 2.75) is 38.7 Å². The van der Waals surface area contributed by atoms with E-state index in [1.165, 1.54) is 19.5 Å². The molecule has 1 atom stereocenters. The van der Waals surface area contributed by atoms with Crippen LogP contribution in [0.4, 0.5) is 0 Å². The van der Waals surface area contributed by atoms with Crippen LogP contribution in [0.5, 0.6) is 11.5 Å². The molecule has 0 aliphatic heterocycles. The Balaban J connectivity index is 2.04. The Labute approximate surface area is 241 Å². The van der Waals surface area contributed by atoms with Crippen molar-refractivity contribution in [1.82, 2.24) is 4.98 Å². The summed E-state index contributed by atoms with van der Waals surface area (Å²) in [5, 5.41) is 9.06. The first-order valence-electron chi connectivity index (χ1n) is 13.5. The van der Waals surface area contributed by atoms with Crippen molar-refractivity contribution in [3.05, 3.63) is 107 Å². The molecule has 0 aliphatic carbocycles. The minimum atomic E-state index is -0.647. The molecule has 1 heterocycles. The molecule has 0 aliphatic rings. The monoisotopic (exact) mass is 559 g/mol. The Morgan fingerprint density at radius 3 is 2.37 bits per heavy atom. The predicted octanol–water partition coefficient (Wildman–Crippen LogP) is 6.37. The molecule has 0 amide bonds. The molecule has 0 unspecified atom stereocenters. The maximum Gasteiger partial charge on any atom is 0.338 e. The molecule has 0 saturated carbocycles. The molecule has 2 aromatic carbocycles. The van der Waals surface area contributed by atoms with Crippen LogP contribution in [-0.2, 0) is 9.47 Å². The topological polar surface area (TPSA) is 104 Å². The second-order valence-corrected chi connectivity index (χ2v) is 9.24. The summed E-state index contributed by atoms with van der Waals surface area (Å²) >= 11 is 0. The summed E-state index contributed by atoms with van der Waals surface area (Å²) in [6, 6.07) is 15.5. The highest BCUT2D eigenvalue weighted by Gasteiger charge is 2.21. The number of nitrogens with zero attached hydrogens (tertiary/aromatic N) is 1. The van der Waals surface area contributed by atoms with E-state index in [4.69, 9.17) is 24.1 Å². The van der Waals surface area contributed by atoms with Gasteiger partial charge in [-0.1, -0.05) is 38.1 Å². The van der Waals surface area contributed by atoms with Crippen LogP contribution >= 0.6 is 0 Å². The molecule has 216 valence electrons. The number of pyridine rings is 1. The molecule has 8 nitrogen and oxygen atoms in total. The van der Waals surface area contributed by atoms with Crippen LogP contribution < -0.4 is 9.47 Å². The number of aromatic nitrogens is 1. The zero-order valence-electron chi connectivity index (χ0n) is 23.8. The van der Waals surface area contributed by atoms with E-state index < -0.39 is 18.0 Å². The SMILES string of the molecule is C=C(CCCC)/C(=C/C[C@H](OC(=O)c1ccncc1)c1ccc(OCCO)cc1)c1cc(C(=O)OC)ccc1OC. The van der Waals surface area contributed by atoms with Crippen molar-refractivity contribution in [2.75, 3.05) is 27.4 Å². The summed E-state index contributed by atoms with van der Waals surface area (Å²) in [6.45, 7) is 6.54. The number of aliphatic hydroxyl groups excluding tert-OH is 1. The minimum Gasteiger partial charge on any atom is -0.496 e. The number of hydrogen-bond donors (Lipinski definition) is 1. The predicted molar refractivity (Wildman–Crippen MR) is 157 cm³/mol. The maximum atomic E-state index is 13.1. The van der Waals surface area contributed by atoms with Crippen molar-refractivity contribution in [2.24, 2.45) is 0 Å². The summed E-state index contributed by atoms with van der Waals surface area (Å²) < 4.78 is 22.1. The van der Waals surface area contributed by atoms with E-state index in [0.717, 1.165) is 36.0 Å². The zero-order valence-corrected chi connectivity index (χ0v) is 23.8. The average Bonchev–Trinajstić information content (AvgIpc) is 3.02. The number of aliphatic hydroxyl groups is 1. The van der Waals surface area contributed by atoms with Gasteiger partial charge >= 0.3 is 11.9 Å². The number of carbonyl (C=O) groups excluding carboxylic acids is 2. The van der Waals surface area contributed by atoms with Crippen molar-refractivity contribution in [3.8, 4) is 11.5 Å². The van der Waals surface area contributed by atoms with E-state index in [9.17, 15) is 9.59 Å². The Morgan fingerprint density at radius 1 is 1.00 bits per heavy atom. The standard InChI is InChI=1S/C33H37NO7/c1-5-6-7-23(2)28(29-22-26(32(36)39-4)10-14-31(29)38-3)13-15-30(41-33(37)25-16-18-34-19-17-25)24-8-11-27(12-9-24)40-21-20-35/h8-14,16-19,22,30,35H,2,5-7,15,20-21H2,1,3-4H3/b28-13-/t30-/m0/s1. The molecule has 0 bridgehead atoms. The largest absolute Gasteiger partial charge is 0.496 e. The van der Waals surface area contributed by atoms with Crippen LogP contribution in [0.1, 0.15) is 70.6 Å². The first-order chi connectivity index (χ1) is 19.9. The van der Waals surface area contributed by atoms with Gasteiger partial charge in [0.25, 0.3) is 0 Å². The van der Waals surface area contributed by atoms with Crippen LogP contribution in [-0.4, -0.2) is 49.5 Å². The second kappa shape index (κ2) is 16.0. The van der Waals surface area contributed by atoms with E-state index >= 15 is 0 Å². The number of methoxy groups -OCH3 is 2. The van der Waals surface area contributed by atoms with Crippen LogP contribution in [0, 0.1) is 0 Å². The fourth-order valence-corrected chi connectivity index (χ4v) is 4.24. The Morgan fingerprint density at radius 2 is 1.73 bits per heavy atom. The van der Waals surface area contributed by atoms with Gasteiger partial charge in [0.15, 0.2) is 0 Å². The highest BCUT2D eigenvalue weighted by atomic mass is 16.5. The first kappa shape index (κ1) is 31.1. The van der Waals surface area contributed by atoms with Crippen LogP contribution in [0.3, 0.4) is 0 Å². The lowest BCUT2D eigenvalue weighted by Crippen LogP contribution is -2.12. The molecule has 0 radical (unpaired) electrons. The molecule has 1 N–H and O–H groups in total. The lowest BCUT2D eigenvalue weighted by molar-refractivity contribution is 0.0303. The van der Waals surface area contributed by atoms with Crippen molar-refractivity contribution in [3.63, 3.8) is 0 Å². The average molecular weight is 560 g/mol. The number of benzene rings is 2. The molecule has 3 aromatic rings. The fraction of sp³-hybridized carbons (Fsp3) is 0.303. The van der Waals surface area contributed by atoms with Crippen molar-refractivity contribution < 1.29 is 33.6 Å². The van der Waals surface area contributed by atoms with Gasteiger partial charge in [-0.15, -0.1) is 0 Å². The van der Waals surface area contributed by atoms with Crippen molar-refractivity contribution in [1.29, 1.82) is 0 Å². The second-order valence-electron chi connectivity index (χ2n) is 9.24. The number of rotatable bonds is 15. The molecule has 41 heavy (non-hydrogen) atoms. The minimum absolute atomic E-state index is 0.0932. The van der Waals surface area contributed by atoms with Crippen molar-refractivity contribution >= 4 is 17.5 Å². The van der Waals surface area contributed by atoms with E-state index in [0.29, 0.717) is 34.6 Å². The van der Waals surface area contributed by atoms with Crippen LogP contribution in [0.2, 0.25) is 0 Å². The number of esters is 2. The normalized spacial score (nSPS) is 11.9. The summed E-state index contributed by atoms with van der Waals surface area (Å²) in [5.41, 5.74) is 3.90. The third-order valence-corrected chi connectivity index (χ3v) is 6.44. The van der Waals surface area contributed by atoms with Gasteiger partial charge in [0.05, 0.1) is 32.0 Å². The lowest BCUT2D eigenvalue weighted by Gasteiger charge is -2.20. The molecule has 0 saturated heterocycles. The number of carbonyl (C=O) groups is 2. The maximum absolute atomic E-state index is 13.1. The fourth-order valence-electron chi connectivity index (χ4n) is 4.24. The summed E-state index contributed by atoms with van der Waals surface area (Å²) in [5.74, 6) is 0.232.